The van der Waals surface area contributed by atoms with Crippen LogP contribution in [0.4, 0.5) is 11.6 Å². The Labute approximate surface area is 223 Å². The Morgan fingerprint density at radius 2 is 1.86 bits per heavy atom. The van der Waals surface area contributed by atoms with E-state index in [1.807, 2.05) is 37.3 Å². The van der Waals surface area contributed by atoms with Gasteiger partial charge in [-0.3, -0.25) is 4.79 Å². The largest absolute Gasteiger partial charge is 0.497 e. The zero-order chi connectivity index (χ0) is 25.9. The minimum atomic E-state index is -0.523. The van der Waals surface area contributed by atoms with Gasteiger partial charge in [-0.2, -0.15) is 10.1 Å². The van der Waals surface area contributed by atoms with Crippen molar-refractivity contribution in [3.05, 3.63) is 105 Å². The van der Waals surface area contributed by atoms with Crippen LogP contribution in [0.2, 0.25) is 10.0 Å². The number of amides is 1. The number of methoxy groups -OCH3 is 1. The Balaban J connectivity index is 1.43. The smallest absolute Gasteiger partial charge is 0.255 e. The summed E-state index contributed by atoms with van der Waals surface area (Å²) in [7, 11) is 1.60. The standard InChI is InChI=1S/C27H23Cl2N5O3/c1-16-24(26(35)33-19-7-9-20(36-2)10-8-19)25(34-27(32-16)30-15-31-34)18-4-3-5-21(13-18)37-14-17-6-11-22(28)23(29)12-17/h3-13,15,25H,14H2,1-2H3,(H,33,35)(H,30,31,32)/t25-/m1/s1. The van der Waals surface area contributed by atoms with E-state index in [2.05, 4.69) is 20.7 Å². The number of benzene rings is 3. The van der Waals surface area contributed by atoms with Crippen LogP contribution in [0.15, 0.2) is 84.3 Å². The van der Waals surface area contributed by atoms with Crippen LogP contribution in [-0.4, -0.2) is 27.8 Å². The number of allylic oxidation sites excluding steroid dienone is 1. The third kappa shape index (κ3) is 5.26. The molecule has 0 unspecified atom stereocenters. The van der Waals surface area contributed by atoms with Crippen molar-refractivity contribution in [1.82, 2.24) is 14.8 Å². The van der Waals surface area contributed by atoms with Crippen LogP contribution in [0.1, 0.15) is 24.1 Å². The predicted molar refractivity (Wildman–Crippen MR) is 143 cm³/mol. The second-order valence-electron chi connectivity index (χ2n) is 8.39. The van der Waals surface area contributed by atoms with Crippen LogP contribution in [0, 0.1) is 0 Å². The molecule has 1 amide bonds. The molecule has 1 aliphatic heterocycles. The number of halogens is 2. The average molecular weight is 536 g/mol. The first-order chi connectivity index (χ1) is 17.9. The molecule has 5 rings (SSSR count). The molecule has 0 saturated heterocycles. The molecule has 0 aliphatic carbocycles. The predicted octanol–water partition coefficient (Wildman–Crippen LogP) is 6.10. The molecule has 1 aliphatic rings. The van der Waals surface area contributed by atoms with Crippen LogP contribution >= 0.6 is 23.2 Å². The van der Waals surface area contributed by atoms with Crippen LogP contribution in [0.5, 0.6) is 11.5 Å². The highest BCUT2D eigenvalue weighted by atomic mass is 35.5. The number of hydrogen-bond donors (Lipinski definition) is 2. The van der Waals surface area contributed by atoms with E-state index >= 15 is 0 Å². The van der Waals surface area contributed by atoms with Crippen molar-refractivity contribution in [1.29, 1.82) is 0 Å². The van der Waals surface area contributed by atoms with E-state index in [4.69, 9.17) is 32.7 Å². The number of hydrogen-bond acceptors (Lipinski definition) is 6. The number of nitrogens with zero attached hydrogens (tertiary/aromatic N) is 3. The molecule has 1 aromatic heterocycles. The molecule has 10 heteroatoms. The number of ether oxygens (including phenoxy) is 2. The summed E-state index contributed by atoms with van der Waals surface area (Å²) in [4.78, 5) is 17.8. The number of carbonyl (C=O) groups is 1. The molecule has 2 heterocycles. The summed E-state index contributed by atoms with van der Waals surface area (Å²) >= 11 is 12.2. The molecule has 0 radical (unpaired) electrons. The lowest BCUT2D eigenvalue weighted by atomic mass is 9.95. The summed E-state index contributed by atoms with van der Waals surface area (Å²) in [5, 5.41) is 11.5. The van der Waals surface area contributed by atoms with Gasteiger partial charge in [-0.1, -0.05) is 41.4 Å². The highest BCUT2D eigenvalue weighted by molar-refractivity contribution is 6.42. The molecule has 0 spiro atoms. The van der Waals surface area contributed by atoms with Crippen molar-refractivity contribution in [2.24, 2.45) is 0 Å². The van der Waals surface area contributed by atoms with Crippen molar-refractivity contribution in [2.45, 2.75) is 19.6 Å². The fraction of sp³-hybridized carbons (Fsp3) is 0.148. The van der Waals surface area contributed by atoms with Gasteiger partial charge in [0.05, 0.1) is 22.7 Å². The molecular formula is C27H23Cl2N5O3. The quantitative estimate of drug-likeness (QED) is 0.297. The molecule has 37 heavy (non-hydrogen) atoms. The van der Waals surface area contributed by atoms with Gasteiger partial charge in [-0.15, -0.1) is 0 Å². The summed E-state index contributed by atoms with van der Waals surface area (Å²) in [5.41, 5.74) is 3.54. The summed E-state index contributed by atoms with van der Waals surface area (Å²) in [5.74, 6) is 1.63. The zero-order valence-corrected chi connectivity index (χ0v) is 21.5. The molecule has 188 valence electrons. The molecule has 8 nitrogen and oxygen atoms in total. The molecule has 0 fully saturated rings. The molecule has 4 aromatic rings. The minimum absolute atomic E-state index is 0.261. The lowest BCUT2D eigenvalue weighted by Crippen LogP contribution is -2.31. The van der Waals surface area contributed by atoms with Crippen molar-refractivity contribution in [3.8, 4) is 11.5 Å². The topological polar surface area (TPSA) is 90.3 Å². The fourth-order valence-electron chi connectivity index (χ4n) is 4.14. The lowest BCUT2D eigenvalue weighted by Gasteiger charge is -2.29. The Hall–Kier alpha value is -4.01. The molecule has 3 aromatic carbocycles. The van der Waals surface area contributed by atoms with E-state index in [9.17, 15) is 4.79 Å². The van der Waals surface area contributed by atoms with E-state index in [1.165, 1.54) is 6.33 Å². The summed E-state index contributed by atoms with van der Waals surface area (Å²) in [6, 6.07) is 19.6. The Bertz CT molecular complexity index is 1480. The van der Waals surface area contributed by atoms with Crippen LogP contribution in [0.25, 0.3) is 0 Å². The van der Waals surface area contributed by atoms with E-state index < -0.39 is 6.04 Å². The highest BCUT2D eigenvalue weighted by Crippen LogP contribution is 2.36. The van der Waals surface area contributed by atoms with Gasteiger partial charge in [0.2, 0.25) is 5.95 Å². The number of fused-ring (bicyclic) bond motifs is 1. The second kappa shape index (κ2) is 10.5. The van der Waals surface area contributed by atoms with Crippen molar-refractivity contribution < 1.29 is 14.3 Å². The zero-order valence-electron chi connectivity index (χ0n) is 20.0. The highest BCUT2D eigenvalue weighted by Gasteiger charge is 2.33. The van der Waals surface area contributed by atoms with Gasteiger partial charge >= 0.3 is 0 Å². The number of aromatic nitrogens is 3. The first kappa shape index (κ1) is 24.7. The van der Waals surface area contributed by atoms with Crippen molar-refractivity contribution in [2.75, 3.05) is 17.7 Å². The van der Waals surface area contributed by atoms with Gasteiger partial charge in [0.1, 0.15) is 30.5 Å². The maximum absolute atomic E-state index is 13.5. The summed E-state index contributed by atoms with van der Waals surface area (Å²) < 4.78 is 12.9. The van der Waals surface area contributed by atoms with Gasteiger partial charge in [0, 0.05) is 11.4 Å². The molecular weight excluding hydrogens is 513 g/mol. The number of nitrogens with one attached hydrogen (secondary N) is 2. The Kier molecular flexibility index (Phi) is 7.03. The van der Waals surface area contributed by atoms with Gasteiger partial charge in [-0.25, -0.2) is 4.68 Å². The van der Waals surface area contributed by atoms with Gasteiger partial charge in [0.25, 0.3) is 5.91 Å². The first-order valence-corrected chi connectivity index (χ1v) is 12.2. The maximum atomic E-state index is 13.5. The molecule has 2 N–H and O–H groups in total. The third-order valence-corrected chi connectivity index (χ3v) is 6.69. The van der Waals surface area contributed by atoms with E-state index in [-0.39, 0.29) is 5.91 Å². The van der Waals surface area contributed by atoms with E-state index in [1.54, 1.807) is 48.2 Å². The van der Waals surface area contributed by atoms with Crippen LogP contribution in [-0.2, 0) is 11.4 Å². The first-order valence-electron chi connectivity index (χ1n) is 11.4. The monoisotopic (exact) mass is 535 g/mol. The fourth-order valence-corrected chi connectivity index (χ4v) is 4.46. The Morgan fingerprint density at radius 1 is 1.05 bits per heavy atom. The molecule has 0 saturated carbocycles. The normalized spacial score (nSPS) is 14.5. The number of rotatable bonds is 7. The van der Waals surface area contributed by atoms with Gasteiger partial charge in [0.15, 0.2) is 0 Å². The van der Waals surface area contributed by atoms with E-state index in [0.717, 1.165) is 11.1 Å². The van der Waals surface area contributed by atoms with Gasteiger partial charge in [-0.05, 0) is 66.6 Å². The SMILES string of the molecule is COc1ccc(NC(=O)C2=C(C)Nc3ncnn3[C@@H]2c2cccc(OCc3ccc(Cl)c(Cl)c3)c2)cc1. The van der Waals surface area contributed by atoms with Crippen molar-refractivity contribution >= 4 is 40.7 Å². The number of carbonyl (C=O) groups excluding carboxylic acids is 1. The second-order valence-corrected chi connectivity index (χ2v) is 9.20. The third-order valence-electron chi connectivity index (χ3n) is 5.95. The maximum Gasteiger partial charge on any atom is 0.255 e. The van der Waals surface area contributed by atoms with Crippen LogP contribution in [0.3, 0.4) is 0 Å². The van der Waals surface area contributed by atoms with E-state index in [0.29, 0.717) is 51.1 Å². The van der Waals surface area contributed by atoms with Gasteiger partial charge < -0.3 is 20.1 Å². The van der Waals surface area contributed by atoms with Crippen LogP contribution < -0.4 is 20.1 Å². The van der Waals surface area contributed by atoms with Crippen molar-refractivity contribution in [3.63, 3.8) is 0 Å². The summed E-state index contributed by atoms with van der Waals surface area (Å²) in [6.07, 6.45) is 1.46. The number of anilines is 2. The lowest BCUT2D eigenvalue weighted by molar-refractivity contribution is -0.113. The minimum Gasteiger partial charge on any atom is -0.497 e. The molecule has 0 bridgehead atoms. The average Bonchev–Trinajstić information content (AvgIpc) is 3.37. The summed E-state index contributed by atoms with van der Waals surface area (Å²) in [6.45, 7) is 2.15. The Morgan fingerprint density at radius 3 is 2.62 bits per heavy atom. The molecule has 1 atom stereocenters.